The molecule has 2 N–H and O–H groups in total. The van der Waals surface area contributed by atoms with E-state index in [-0.39, 0.29) is 5.88 Å². The molecular formula is C11H12ClNO2. The zero-order valence-electron chi connectivity index (χ0n) is 8.11. The molecule has 0 aliphatic carbocycles. The summed E-state index contributed by atoms with van der Waals surface area (Å²) in [5.41, 5.74) is 1.78. The van der Waals surface area contributed by atoms with Crippen LogP contribution >= 0.6 is 11.6 Å². The summed E-state index contributed by atoms with van der Waals surface area (Å²) in [4.78, 5) is 0. The van der Waals surface area contributed by atoms with E-state index in [1.807, 2.05) is 24.3 Å². The molecule has 1 heterocycles. The lowest BCUT2D eigenvalue weighted by molar-refractivity contribution is 0.211. The second-order valence-electron chi connectivity index (χ2n) is 3.33. The molecule has 15 heavy (non-hydrogen) atoms. The third kappa shape index (κ3) is 2.25. The molecule has 4 heteroatoms. The Balaban J connectivity index is 2.17. The Morgan fingerprint density at radius 1 is 1.40 bits per heavy atom. The van der Waals surface area contributed by atoms with E-state index in [0.29, 0.717) is 6.54 Å². The number of anilines is 1. The van der Waals surface area contributed by atoms with Crippen molar-refractivity contribution in [2.45, 2.75) is 6.10 Å². The van der Waals surface area contributed by atoms with Crippen molar-refractivity contribution in [1.82, 2.24) is 0 Å². The van der Waals surface area contributed by atoms with Gasteiger partial charge in [0.15, 0.2) is 0 Å². The van der Waals surface area contributed by atoms with Crippen molar-refractivity contribution in [3.8, 4) is 0 Å². The van der Waals surface area contributed by atoms with Gasteiger partial charge in [0.1, 0.15) is 5.58 Å². The SMILES string of the molecule is OC(CCl)CNc1cccc2occc12. The summed E-state index contributed by atoms with van der Waals surface area (Å²) in [6.07, 6.45) is 1.11. The van der Waals surface area contributed by atoms with Crippen LogP contribution in [0.4, 0.5) is 5.69 Å². The predicted octanol–water partition coefficient (Wildman–Crippen LogP) is 2.44. The van der Waals surface area contributed by atoms with Crippen LogP contribution in [0.1, 0.15) is 0 Å². The van der Waals surface area contributed by atoms with Crippen LogP contribution in [0.25, 0.3) is 11.0 Å². The molecule has 1 atom stereocenters. The maximum absolute atomic E-state index is 9.32. The van der Waals surface area contributed by atoms with Crippen LogP contribution in [0.5, 0.6) is 0 Å². The lowest BCUT2D eigenvalue weighted by atomic mass is 10.2. The molecule has 0 aliphatic heterocycles. The molecule has 1 aromatic heterocycles. The van der Waals surface area contributed by atoms with Gasteiger partial charge in [-0.3, -0.25) is 0 Å². The first kappa shape index (κ1) is 10.3. The Morgan fingerprint density at radius 2 is 2.27 bits per heavy atom. The molecule has 0 radical (unpaired) electrons. The lowest BCUT2D eigenvalue weighted by Gasteiger charge is -2.10. The number of halogens is 1. The molecular weight excluding hydrogens is 214 g/mol. The van der Waals surface area contributed by atoms with Crippen molar-refractivity contribution in [3.63, 3.8) is 0 Å². The average Bonchev–Trinajstić information content (AvgIpc) is 2.74. The molecule has 0 fully saturated rings. The van der Waals surface area contributed by atoms with Crippen molar-refractivity contribution in [2.75, 3.05) is 17.7 Å². The Kier molecular flexibility index (Phi) is 3.14. The van der Waals surface area contributed by atoms with E-state index in [2.05, 4.69) is 5.32 Å². The minimum atomic E-state index is -0.533. The number of alkyl halides is 1. The Labute approximate surface area is 92.6 Å². The Morgan fingerprint density at radius 3 is 3.07 bits per heavy atom. The highest BCUT2D eigenvalue weighted by molar-refractivity contribution is 6.18. The molecule has 2 aromatic rings. The first-order valence-corrected chi connectivity index (χ1v) is 5.29. The fraction of sp³-hybridized carbons (Fsp3) is 0.273. The van der Waals surface area contributed by atoms with Gasteiger partial charge in [0.05, 0.1) is 18.2 Å². The van der Waals surface area contributed by atoms with Gasteiger partial charge in [-0.1, -0.05) is 6.07 Å². The number of hydrogen-bond donors (Lipinski definition) is 2. The van der Waals surface area contributed by atoms with Crippen LogP contribution < -0.4 is 5.32 Å². The number of rotatable bonds is 4. The fourth-order valence-electron chi connectivity index (χ4n) is 1.43. The number of aliphatic hydroxyl groups is 1. The number of fused-ring (bicyclic) bond motifs is 1. The third-order valence-corrected chi connectivity index (χ3v) is 2.56. The number of benzene rings is 1. The third-order valence-electron chi connectivity index (χ3n) is 2.20. The average molecular weight is 226 g/mol. The summed E-state index contributed by atoms with van der Waals surface area (Å²) < 4.78 is 5.26. The standard InChI is InChI=1S/C11H12ClNO2/c12-6-8(14)7-13-10-2-1-3-11-9(10)4-5-15-11/h1-5,8,13-14H,6-7H2. The summed E-state index contributed by atoms with van der Waals surface area (Å²) in [7, 11) is 0. The van der Waals surface area contributed by atoms with Gasteiger partial charge in [-0.25, -0.2) is 0 Å². The van der Waals surface area contributed by atoms with E-state index in [1.165, 1.54) is 0 Å². The largest absolute Gasteiger partial charge is 0.464 e. The van der Waals surface area contributed by atoms with Crippen molar-refractivity contribution < 1.29 is 9.52 Å². The van der Waals surface area contributed by atoms with E-state index < -0.39 is 6.10 Å². The zero-order valence-corrected chi connectivity index (χ0v) is 8.87. The smallest absolute Gasteiger partial charge is 0.135 e. The van der Waals surface area contributed by atoms with Gasteiger partial charge < -0.3 is 14.8 Å². The normalized spacial score (nSPS) is 12.9. The highest BCUT2D eigenvalue weighted by atomic mass is 35.5. The fourth-order valence-corrected chi connectivity index (χ4v) is 1.54. The van der Waals surface area contributed by atoms with Crippen LogP contribution in [0.3, 0.4) is 0 Å². The number of aliphatic hydroxyl groups excluding tert-OH is 1. The molecule has 0 bridgehead atoms. The monoisotopic (exact) mass is 225 g/mol. The first-order valence-electron chi connectivity index (χ1n) is 4.75. The Bertz CT molecular complexity index is 441. The van der Waals surface area contributed by atoms with Crippen molar-refractivity contribution >= 4 is 28.3 Å². The van der Waals surface area contributed by atoms with E-state index >= 15 is 0 Å². The maximum atomic E-state index is 9.32. The summed E-state index contributed by atoms with van der Waals surface area (Å²) in [5, 5.41) is 13.5. The minimum Gasteiger partial charge on any atom is -0.464 e. The van der Waals surface area contributed by atoms with Gasteiger partial charge >= 0.3 is 0 Å². The van der Waals surface area contributed by atoms with Crippen molar-refractivity contribution in [2.24, 2.45) is 0 Å². The van der Waals surface area contributed by atoms with Gasteiger partial charge in [0.25, 0.3) is 0 Å². The van der Waals surface area contributed by atoms with Crippen LogP contribution in [0.15, 0.2) is 34.9 Å². The molecule has 1 unspecified atom stereocenters. The van der Waals surface area contributed by atoms with Gasteiger partial charge in [0, 0.05) is 17.6 Å². The van der Waals surface area contributed by atoms with Gasteiger partial charge in [-0.15, -0.1) is 11.6 Å². The van der Waals surface area contributed by atoms with Crippen LogP contribution in [0.2, 0.25) is 0 Å². The summed E-state index contributed by atoms with van der Waals surface area (Å²) in [6, 6.07) is 7.64. The van der Waals surface area contributed by atoms with Gasteiger partial charge in [0.2, 0.25) is 0 Å². The van der Waals surface area contributed by atoms with E-state index in [9.17, 15) is 5.11 Å². The zero-order chi connectivity index (χ0) is 10.7. The van der Waals surface area contributed by atoms with Crippen LogP contribution in [0, 0.1) is 0 Å². The summed E-state index contributed by atoms with van der Waals surface area (Å²) in [5.74, 6) is 0.231. The van der Waals surface area contributed by atoms with Gasteiger partial charge in [-0.2, -0.15) is 0 Å². The Hall–Kier alpha value is -1.19. The molecule has 2 rings (SSSR count). The van der Waals surface area contributed by atoms with Crippen LogP contribution in [-0.4, -0.2) is 23.6 Å². The molecule has 0 aliphatic rings. The molecule has 0 saturated heterocycles. The lowest BCUT2D eigenvalue weighted by Crippen LogP contribution is -2.20. The summed E-state index contributed by atoms with van der Waals surface area (Å²) >= 11 is 5.51. The minimum absolute atomic E-state index is 0.231. The first-order chi connectivity index (χ1) is 7.31. The molecule has 80 valence electrons. The van der Waals surface area contributed by atoms with E-state index in [1.54, 1.807) is 6.26 Å². The van der Waals surface area contributed by atoms with E-state index in [0.717, 1.165) is 16.7 Å². The van der Waals surface area contributed by atoms with Gasteiger partial charge in [-0.05, 0) is 18.2 Å². The number of nitrogens with one attached hydrogen (secondary N) is 1. The van der Waals surface area contributed by atoms with Crippen LogP contribution in [-0.2, 0) is 0 Å². The second-order valence-corrected chi connectivity index (χ2v) is 3.64. The molecule has 0 amide bonds. The maximum Gasteiger partial charge on any atom is 0.135 e. The number of furan rings is 1. The second kappa shape index (κ2) is 4.55. The van der Waals surface area contributed by atoms with Crippen molar-refractivity contribution in [1.29, 1.82) is 0 Å². The summed E-state index contributed by atoms with van der Waals surface area (Å²) in [6.45, 7) is 0.438. The number of hydrogen-bond acceptors (Lipinski definition) is 3. The highest BCUT2D eigenvalue weighted by Crippen LogP contribution is 2.23. The molecule has 1 aromatic carbocycles. The highest BCUT2D eigenvalue weighted by Gasteiger charge is 2.05. The molecule has 0 spiro atoms. The molecule has 3 nitrogen and oxygen atoms in total. The predicted molar refractivity (Wildman–Crippen MR) is 61.4 cm³/mol. The van der Waals surface area contributed by atoms with Crippen molar-refractivity contribution in [3.05, 3.63) is 30.5 Å². The topological polar surface area (TPSA) is 45.4 Å². The quantitative estimate of drug-likeness (QED) is 0.786. The van der Waals surface area contributed by atoms with E-state index in [4.69, 9.17) is 16.0 Å². The molecule has 0 saturated carbocycles.